The van der Waals surface area contributed by atoms with Gasteiger partial charge in [-0.1, -0.05) is 105 Å². The third-order valence-electron chi connectivity index (χ3n) is 15.1. The number of unbranched alkanes of at least 4 members (excludes halogenated alkanes) is 12. The summed E-state index contributed by atoms with van der Waals surface area (Å²) in [5.74, 6) is -2.67. The largest absolute Gasteiger partial charge is 0.481 e. The first-order chi connectivity index (χ1) is 40.6. The van der Waals surface area contributed by atoms with E-state index < -0.39 is 50.3 Å². The van der Waals surface area contributed by atoms with E-state index in [0.29, 0.717) is 92.4 Å². The molecule has 4 aromatic rings. The van der Waals surface area contributed by atoms with Gasteiger partial charge in [0.2, 0.25) is 0 Å². The third kappa shape index (κ3) is 20.5. The number of fused-ring (bicyclic) bond motifs is 8. The van der Waals surface area contributed by atoms with Crippen LogP contribution in [-0.4, -0.2) is 102 Å². The molecule has 8 bridgehead atoms. The maximum atomic E-state index is 14.6. The highest BCUT2D eigenvalue weighted by Crippen LogP contribution is 2.42. The van der Waals surface area contributed by atoms with Gasteiger partial charge in [0, 0.05) is 73.6 Å². The highest BCUT2D eigenvalue weighted by atomic mass is 16.6. The van der Waals surface area contributed by atoms with Crippen molar-refractivity contribution in [2.45, 2.75) is 182 Å². The molecule has 0 fully saturated rings. The molecule has 5 rings (SSSR count). The van der Waals surface area contributed by atoms with Crippen molar-refractivity contribution >= 4 is 47.0 Å². The van der Waals surface area contributed by atoms with Crippen molar-refractivity contribution in [3.05, 3.63) is 115 Å². The average Bonchev–Trinajstić information content (AvgIpc) is 3.58. The molecule has 16 nitrogen and oxygen atoms in total. The first-order valence-electron chi connectivity index (χ1n) is 30.2. The maximum Gasteiger partial charge on any atom is 0.343 e. The van der Waals surface area contributed by atoms with Gasteiger partial charge < -0.3 is 37.9 Å². The number of methoxy groups -OCH3 is 4. The van der Waals surface area contributed by atoms with Crippen molar-refractivity contribution in [1.82, 2.24) is 0 Å². The van der Waals surface area contributed by atoms with Crippen LogP contribution in [0.15, 0.2) is 48.5 Å². The molecule has 1 aliphatic rings. The van der Waals surface area contributed by atoms with Crippen LogP contribution in [0.5, 0.6) is 23.0 Å². The van der Waals surface area contributed by atoms with Crippen LogP contribution in [0, 0.1) is 0 Å². The molecule has 0 N–H and O–H groups in total. The van der Waals surface area contributed by atoms with Crippen LogP contribution in [0.25, 0.3) is 0 Å². The fraction of sp³-hybridized carbons (Fsp3) is 0.529. The number of carbonyl (C=O) groups excluding carboxylic acids is 8. The minimum absolute atomic E-state index is 0.0958. The van der Waals surface area contributed by atoms with Gasteiger partial charge in [-0.15, -0.1) is 0 Å². The number of benzene rings is 4. The molecule has 0 aliphatic heterocycles. The van der Waals surface area contributed by atoms with Crippen LogP contribution in [0.1, 0.15) is 242 Å². The quantitative estimate of drug-likeness (QED) is 0.0158. The Bertz CT molecular complexity index is 2430. The summed E-state index contributed by atoms with van der Waals surface area (Å²) in [5, 5.41) is 0. The molecule has 0 spiro atoms. The fourth-order valence-corrected chi connectivity index (χ4v) is 10.5. The van der Waals surface area contributed by atoms with Crippen LogP contribution in [-0.2, 0) is 63.8 Å². The lowest BCUT2D eigenvalue weighted by molar-refractivity contribution is -0.143. The monoisotopic (exact) mass is 1160 g/mol. The molecule has 0 radical (unpaired) electrons. The number of esters is 4. The smallest absolute Gasteiger partial charge is 0.343 e. The summed E-state index contributed by atoms with van der Waals surface area (Å²) in [7, 11) is 4.94. The molecular weight excluding hydrogens is 1070 g/mol. The van der Waals surface area contributed by atoms with E-state index in [9.17, 15) is 38.4 Å². The van der Waals surface area contributed by atoms with E-state index in [1.807, 2.05) is 0 Å². The number of carbonyl (C=O) groups is 8. The molecule has 0 saturated heterocycles. The summed E-state index contributed by atoms with van der Waals surface area (Å²) in [6, 6.07) is 13.7. The van der Waals surface area contributed by atoms with Gasteiger partial charge >= 0.3 is 23.9 Å². The highest BCUT2D eigenvalue weighted by molar-refractivity contribution is 5.99. The van der Waals surface area contributed by atoms with E-state index >= 15 is 0 Å². The van der Waals surface area contributed by atoms with Crippen LogP contribution in [0.3, 0.4) is 0 Å². The maximum absolute atomic E-state index is 14.6. The van der Waals surface area contributed by atoms with Gasteiger partial charge in [-0.05, 0) is 119 Å². The van der Waals surface area contributed by atoms with Crippen LogP contribution < -0.4 is 18.9 Å². The lowest BCUT2D eigenvalue weighted by Crippen LogP contribution is -2.18. The molecule has 84 heavy (non-hydrogen) atoms. The summed E-state index contributed by atoms with van der Waals surface area (Å²) in [6.45, 7) is 6.15. The number of hydrogen-bond donors (Lipinski definition) is 0. The van der Waals surface area contributed by atoms with Crippen molar-refractivity contribution in [2.75, 3.05) is 54.9 Å². The van der Waals surface area contributed by atoms with Gasteiger partial charge in [0.15, 0.2) is 49.6 Å². The van der Waals surface area contributed by atoms with Crippen molar-refractivity contribution in [3.8, 4) is 23.0 Å². The first kappa shape index (κ1) is 67.4. The Labute approximate surface area is 496 Å². The standard InChI is InChI=1S/C68H88O16/c1-9-13-17-21-25-57(69)45-29-49-37-51-31-46(58(70)26-22-18-14-10-2)33-53(66(51)82-42-62(74)78-6)39-55-35-48(60(72)28-24-20-16-12-4)36-56(68(55)84-44-64(76)80-8)40-54-34-47(59(71)27-23-19-15-11-3)32-52(67(54)83-43-63(75)79-7)38-50(30-45)65(49)81-41-61(73)77-5/h29-36H,9-28,37-44H2,1-8H3. The average molecular weight is 1160 g/mol. The lowest BCUT2D eigenvalue weighted by Gasteiger charge is -2.24. The summed E-state index contributed by atoms with van der Waals surface area (Å²) >= 11 is 0. The van der Waals surface area contributed by atoms with Crippen LogP contribution in [0.2, 0.25) is 0 Å². The topological polar surface area (TPSA) is 210 Å². The Balaban J connectivity index is 2.03. The van der Waals surface area contributed by atoms with Gasteiger partial charge in [0.05, 0.1) is 28.4 Å². The Hall–Kier alpha value is -7.36. The van der Waals surface area contributed by atoms with Gasteiger partial charge in [-0.3, -0.25) is 19.2 Å². The van der Waals surface area contributed by atoms with E-state index in [0.717, 1.165) is 77.0 Å². The molecule has 0 saturated carbocycles. The van der Waals surface area contributed by atoms with E-state index in [1.165, 1.54) is 28.4 Å². The summed E-state index contributed by atoms with van der Waals surface area (Å²) in [4.78, 5) is 111. The van der Waals surface area contributed by atoms with Crippen LogP contribution in [0.4, 0.5) is 0 Å². The fourth-order valence-electron chi connectivity index (χ4n) is 10.5. The summed E-state index contributed by atoms with van der Waals surface area (Å²) < 4.78 is 46.4. The van der Waals surface area contributed by atoms with Crippen molar-refractivity contribution in [2.24, 2.45) is 0 Å². The van der Waals surface area contributed by atoms with Crippen molar-refractivity contribution in [3.63, 3.8) is 0 Å². The van der Waals surface area contributed by atoms with Crippen molar-refractivity contribution < 1.29 is 76.3 Å². The molecular formula is C68H88O16. The Morgan fingerprint density at radius 3 is 0.619 bits per heavy atom. The number of Topliss-reactive ketones (excluding diaryl/α,β-unsaturated/α-hetero) is 4. The molecule has 0 amide bonds. The second-order valence-electron chi connectivity index (χ2n) is 21.6. The van der Waals surface area contributed by atoms with E-state index in [4.69, 9.17) is 37.9 Å². The zero-order chi connectivity index (χ0) is 61.0. The molecule has 0 heterocycles. The molecule has 16 heteroatoms. The minimum Gasteiger partial charge on any atom is -0.481 e. The zero-order valence-electron chi connectivity index (χ0n) is 50.9. The number of hydrogen-bond acceptors (Lipinski definition) is 16. The summed E-state index contributed by atoms with van der Waals surface area (Å²) in [6.07, 6.45) is 14.0. The normalized spacial score (nSPS) is 11.7. The van der Waals surface area contributed by atoms with Gasteiger partial charge in [-0.2, -0.15) is 0 Å². The zero-order valence-corrected chi connectivity index (χ0v) is 50.9. The minimum atomic E-state index is -0.699. The van der Waals surface area contributed by atoms with E-state index in [1.54, 1.807) is 48.5 Å². The lowest BCUT2D eigenvalue weighted by atomic mass is 9.86. The predicted molar refractivity (Wildman–Crippen MR) is 319 cm³/mol. The summed E-state index contributed by atoms with van der Waals surface area (Å²) in [5.41, 5.74) is 4.57. The van der Waals surface area contributed by atoms with Gasteiger partial charge in [0.25, 0.3) is 0 Å². The number of ketones is 4. The predicted octanol–water partition coefficient (Wildman–Crippen LogP) is 13.2. The second kappa shape index (κ2) is 35.7. The van der Waals surface area contributed by atoms with Crippen LogP contribution >= 0.6 is 0 Å². The highest BCUT2D eigenvalue weighted by Gasteiger charge is 2.29. The van der Waals surface area contributed by atoms with E-state index in [2.05, 4.69) is 27.7 Å². The second-order valence-corrected chi connectivity index (χ2v) is 21.6. The molecule has 4 aromatic carbocycles. The van der Waals surface area contributed by atoms with E-state index in [-0.39, 0.29) is 97.5 Å². The number of rotatable bonds is 36. The van der Waals surface area contributed by atoms with Gasteiger partial charge in [-0.25, -0.2) is 19.2 Å². The number of ether oxygens (including phenoxy) is 8. The molecule has 0 aromatic heterocycles. The molecule has 456 valence electrons. The first-order valence-corrected chi connectivity index (χ1v) is 30.2. The SMILES string of the molecule is CCCCCCC(=O)c1cc2c(OCC(=O)OC)c(c1)Cc1cc(C(=O)CCCCCC)cc(c1OCC(=O)OC)Cc1cc(C(=O)CCCCCC)cc(c1OCC(=O)OC)Cc1cc(C(=O)CCCCCC)cc(c1OCC(=O)OC)C2. The Morgan fingerprint density at radius 1 is 0.286 bits per heavy atom. The molecule has 0 unspecified atom stereocenters. The Kier molecular flexibility index (Phi) is 28.7. The Morgan fingerprint density at radius 2 is 0.464 bits per heavy atom. The van der Waals surface area contributed by atoms with Gasteiger partial charge in [0.1, 0.15) is 23.0 Å². The van der Waals surface area contributed by atoms with Crippen molar-refractivity contribution in [1.29, 1.82) is 0 Å². The third-order valence-corrected chi connectivity index (χ3v) is 15.1. The molecule has 1 aliphatic carbocycles. The molecule has 0 atom stereocenters.